The highest BCUT2D eigenvalue weighted by atomic mass is 35.5. The molecule has 0 aliphatic carbocycles. The van der Waals surface area contributed by atoms with E-state index in [0.717, 1.165) is 11.3 Å². The van der Waals surface area contributed by atoms with Gasteiger partial charge in [-0.05, 0) is 13.0 Å². The molecule has 0 bridgehead atoms. The van der Waals surface area contributed by atoms with Gasteiger partial charge < -0.3 is 4.57 Å². The second-order valence-electron chi connectivity index (χ2n) is 2.55. The van der Waals surface area contributed by atoms with Crippen LogP contribution < -0.4 is 0 Å². The molecule has 0 aliphatic rings. The van der Waals surface area contributed by atoms with Crippen LogP contribution in [-0.2, 0) is 7.05 Å². The van der Waals surface area contributed by atoms with Gasteiger partial charge >= 0.3 is 0 Å². The Labute approximate surface area is 71.5 Å². The van der Waals surface area contributed by atoms with Crippen molar-refractivity contribution in [3.05, 3.63) is 23.8 Å². The molecule has 0 fully saturated rings. The lowest BCUT2D eigenvalue weighted by molar-refractivity contribution is 0.901. The van der Waals surface area contributed by atoms with Crippen LogP contribution in [0.5, 0.6) is 0 Å². The van der Waals surface area contributed by atoms with Gasteiger partial charge in [-0.2, -0.15) is 0 Å². The Morgan fingerprint density at radius 3 is 3.00 bits per heavy atom. The van der Waals surface area contributed by atoms with E-state index in [1.165, 1.54) is 0 Å². The highest BCUT2D eigenvalue weighted by Gasteiger charge is 1.93. The summed E-state index contributed by atoms with van der Waals surface area (Å²) in [4.78, 5) is 3.98. The zero-order valence-electron chi connectivity index (χ0n) is 6.71. The zero-order valence-corrected chi connectivity index (χ0v) is 7.47. The second kappa shape index (κ2) is 3.58. The number of aryl methyl sites for hydroxylation is 1. The Morgan fingerprint density at radius 1 is 1.82 bits per heavy atom. The fourth-order valence-electron chi connectivity index (χ4n) is 0.798. The molecule has 11 heavy (non-hydrogen) atoms. The van der Waals surface area contributed by atoms with Gasteiger partial charge in [0.1, 0.15) is 0 Å². The highest BCUT2D eigenvalue weighted by molar-refractivity contribution is 6.19. The molecule has 0 saturated heterocycles. The number of aromatic nitrogens is 2. The SMILES string of the molecule is CC(=Cc1cncn1C)CCl. The van der Waals surface area contributed by atoms with Gasteiger partial charge in [0.05, 0.1) is 18.2 Å². The Kier molecular flexibility index (Phi) is 2.71. The number of hydrogen-bond donors (Lipinski definition) is 0. The van der Waals surface area contributed by atoms with E-state index in [9.17, 15) is 0 Å². The summed E-state index contributed by atoms with van der Waals surface area (Å²) in [5, 5.41) is 0. The van der Waals surface area contributed by atoms with Crippen molar-refractivity contribution in [3.8, 4) is 0 Å². The average molecular weight is 171 g/mol. The molecule has 0 amide bonds. The maximum absolute atomic E-state index is 5.62. The van der Waals surface area contributed by atoms with Crippen molar-refractivity contribution in [2.75, 3.05) is 5.88 Å². The van der Waals surface area contributed by atoms with Gasteiger partial charge in [0.25, 0.3) is 0 Å². The van der Waals surface area contributed by atoms with Crippen LogP contribution in [-0.4, -0.2) is 15.4 Å². The molecule has 1 heterocycles. The molecular formula is C8H11ClN2. The molecule has 0 spiro atoms. The number of halogens is 1. The third-order valence-corrected chi connectivity index (χ3v) is 1.88. The van der Waals surface area contributed by atoms with Crippen LogP contribution in [0.2, 0.25) is 0 Å². The average Bonchev–Trinajstić information content (AvgIpc) is 2.37. The van der Waals surface area contributed by atoms with Crippen LogP contribution in [0, 0.1) is 0 Å². The van der Waals surface area contributed by atoms with Crippen molar-refractivity contribution in [2.45, 2.75) is 6.92 Å². The molecule has 1 rings (SSSR count). The van der Waals surface area contributed by atoms with Crippen molar-refractivity contribution in [3.63, 3.8) is 0 Å². The van der Waals surface area contributed by atoms with Gasteiger partial charge in [0.2, 0.25) is 0 Å². The number of nitrogens with zero attached hydrogens (tertiary/aromatic N) is 2. The highest BCUT2D eigenvalue weighted by Crippen LogP contribution is 2.05. The topological polar surface area (TPSA) is 17.8 Å². The van der Waals surface area contributed by atoms with E-state index >= 15 is 0 Å². The third kappa shape index (κ3) is 2.09. The van der Waals surface area contributed by atoms with Gasteiger partial charge in [0, 0.05) is 12.9 Å². The Hall–Kier alpha value is -0.760. The minimum absolute atomic E-state index is 0.575. The Balaban J connectivity index is 2.86. The molecule has 60 valence electrons. The molecule has 0 unspecified atom stereocenters. The lowest BCUT2D eigenvalue weighted by atomic mass is 10.3. The predicted molar refractivity (Wildman–Crippen MR) is 47.6 cm³/mol. The lowest BCUT2D eigenvalue weighted by Crippen LogP contribution is -1.88. The molecule has 2 nitrogen and oxygen atoms in total. The molecular weight excluding hydrogens is 160 g/mol. The summed E-state index contributed by atoms with van der Waals surface area (Å²) in [5.41, 5.74) is 2.23. The van der Waals surface area contributed by atoms with E-state index in [-0.39, 0.29) is 0 Å². The minimum Gasteiger partial charge on any atom is -0.334 e. The molecule has 0 aliphatic heterocycles. The van der Waals surface area contributed by atoms with Crippen molar-refractivity contribution in [1.82, 2.24) is 9.55 Å². The van der Waals surface area contributed by atoms with Crippen LogP contribution in [0.15, 0.2) is 18.1 Å². The fourth-order valence-corrected chi connectivity index (χ4v) is 0.875. The summed E-state index contributed by atoms with van der Waals surface area (Å²) >= 11 is 5.62. The van der Waals surface area contributed by atoms with Crippen molar-refractivity contribution in [1.29, 1.82) is 0 Å². The van der Waals surface area contributed by atoms with Gasteiger partial charge in [0.15, 0.2) is 0 Å². The molecule has 0 aromatic carbocycles. The maximum atomic E-state index is 5.62. The number of alkyl halides is 1. The molecule has 1 aromatic heterocycles. The summed E-state index contributed by atoms with van der Waals surface area (Å²) < 4.78 is 1.95. The van der Waals surface area contributed by atoms with Crippen LogP contribution >= 0.6 is 11.6 Å². The first-order valence-electron chi connectivity index (χ1n) is 3.43. The molecule has 0 radical (unpaired) electrons. The van der Waals surface area contributed by atoms with E-state index in [2.05, 4.69) is 4.98 Å². The number of rotatable bonds is 2. The molecule has 3 heteroatoms. The molecule has 0 N–H and O–H groups in total. The normalized spacial score (nSPS) is 12.1. The van der Waals surface area contributed by atoms with E-state index in [0.29, 0.717) is 5.88 Å². The van der Waals surface area contributed by atoms with E-state index < -0.39 is 0 Å². The smallest absolute Gasteiger partial charge is 0.0948 e. The summed E-state index contributed by atoms with van der Waals surface area (Å²) in [6, 6.07) is 0. The Bertz CT molecular complexity index is 263. The molecule has 1 aromatic rings. The molecule has 0 atom stereocenters. The fraction of sp³-hybridized carbons (Fsp3) is 0.375. The first-order chi connectivity index (χ1) is 5.24. The number of imidazole rings is 1. The third-order valence-electron chi connectivity index (χ3n) is 1.46. The summed E-state index contributed by atoms with van der Waals surface area (Å²) in [5.74, 6) is 0.575. The van der Waals surface area contributed by atoms with Gasteiger partial charge in [-0.25, -0.2) is 4.98 Å². The minimum atomic E-state index is 0.575. The van der Waals surface area contributed by atoms with Crippen LogP contribution in [0.4, 0.5) is 0 Å². The quantitative estimate of drug-likeness (QED) is 0.622. The summed E-state index contributed by atoms with van der Waals surface area (Å²) in [7, 11) is 1.96. The van der Waals surface area contributed by atoms with Crippen molar-refractivity contribution < 1.29 is 0 Å². The van der Waals surface area contributed by atoms with Crippen LogP contribution in [0.25, 0.3) is 6.08 Å². The monoisotopic (exact) mass is 170 g/mol. The van der Waals surface area contributed by atoms with Crippen LogP contribution in [0.3, 0.4) is 0 Å². The molecule has 0 saturated carbocycles. The van der Waals surface area contributed by atoms with E-state index in [1.54, 1.807) is 6.33 Å². The standard InChI is InChI=1S/C8H11ClN2/c1-7(4-9)3-8-5-10-6-11(8)2/h3,5-6H,4H2,1-2H3. The van der Waals surface area contributed by atoms with E-state index in [4.69, 9.17) is 11.6 Å². The summed E-state index contributed by atoms with van der Waals surface area (Å²) in [6.45, 7) is 2.00. The van der Waals surface area contributed by atoms with Crippen molar-refractivity contribution >= 4 is 17.7 Å². The van der Waals surface area contributed by atoms with Crippen LogP contribution in [0.1, 0.15) is 12.6 Å². The predicted octanol–water partition coefficient (Wildman–Crippen LogP) is 2.06. The lowest BCUT2D eigenvalue weighted by Gasteiger charge is -1.95. The van der Waals surface area contributed by atoms with E-state index in [1.807, 2.05) is 30.8 Å². The maximum Gasteiger partial charge on any atom is 0.0948 e. The second-order valence-corrected chi connectivity index (χ2v) is 2.82. The first kappa shape index (κ1) is 8.34. The van der Waals surface area contributed by atoms with Crippen molar-refractivity contribution in [2.24, 2.45) is 7.05 Å². The zero-order chi connectivity index (χ0) is 8.27. The summed E-state index contributed by atoms with van der Waals surface area (Å²) in [6.07, 6.45) is 5.61. The van der Waals surface area contributed by atoms with Gasteiger partial charge in [-0.3, -0.25) is 0 Å². The Morgan fingerprint density at radius 2 is 2.55 bits per heavy atom. The first-order valence-corrected chi connectivity index (χ1v) is 3.97. The van der Waals surface area contributed by atoms with Gasteiger partial charge in [-0.15, -0.1) is 11.6 Å². The largest absolute Gasteiger partial charge is 0.334 e. The number of allylic oxidation sites excluding steroid dienone is 1. The van der Waals surface area contributed by atoms with Gasteiger partial charge in [-0.1, -0.05) is 5.57 Å². The number of hydrogen-bond acceptors (Lipinski definition) is 1.